The third kappa shape index (κ3) is 7.18. The van der Waals surface area contributed by atoms with E-state index < -0.39 is 17.7 Å². The molecule has 0 saturated carbocycles. The number of amides is 1. The van der Waals surface area contributed by atoms with Gasteiger partial charge in [-0.2, -0.15) is 0 Å². The number of alkyl carbamates (subject to hydrolysis) is 1. The first-order valence-electron chi connectivity index (χ1n) is 7.02. The van der Waals surface area contributed by atoms with Crippen molar-refractivity contribution >= 4 is 23.0 Å². The molecule has 0 saturated heterocycles. The van der Waals surface area contributed by atoms with Crippen molar-refractivity contribution in [2.24, 2.45) is 0 Å². The summed E-state index contributed by atoms with van der Waals surface area (Å²) in [6.45, 7) is 7.29. The van der Waals surface area contributed by atoms with Crippen LogP contribution >= 0.6 is 11.8 Å². The van der Waals surface area contributed by atoms with Crippen LogP contribution in [0.1, 0.15) is 33.3 Å². The predicted molar refractivity (Wildman–Crippen MR) is 86.4 cm³/mol. The molecular weight excluding hydrogens is 286 g/mol. The normalized spacial score (nSPS) is 12.6. The van der Waals surface area contributed by atoms with Gasteiger partial charge in [0.25, 0.3) is 0 Å². The molecule has 0 bridgehead atoms. The van der Waals surface area contributed by atoms with Crippen molar-refractivity contribution in [3.05, 3.63) is 35.9 Å². The monoisotopic (exact) mass is 309 g/mol. The van der Waals surface area contributed by atoms with Crippen LogP contribution in [0.2, 0.25) is 0 Å². The van der Waals surface area contributed by atoms with Gasteiger partial charge in [-0.05, 0) is 32.1 Å². The summed E-state index contributed by atoms with van der Waals surface area (Å²) in [6, 6.07) is 9.05. The lowest BCUT2D eigenvalue weighted by Gasteiger charge is -2.23. The SMILES string of the molecule is CCSC(=O)[C@H](Cc1ccccc1)NC(=O)OC(C)(C)C. The minimum Gasteiger partial charge on any atom is -0.444 e. The van der Waals surface area contributed by atoms with Gasteiger partial charge in [0.15, 0.2) is 0 Å². The summed E-state index contributed by atoms with van der Waals surface area (Å²) in [7, 11) is 0. The minimum absolute atomic E-state index is 0.0489. The molecule has 5 heteroatoms. The lowest BCUT2D eigenvalue weighted by molar-refractivity contribution is -0.112. The fourth-order valence-corrected chi connectivity index (χ4v) is 2.36. The van der Waals surface area contributed by atoms with Crippen LogP contribution in [0.25, 0.3) is 0 Å². The molecule has 0 aliphatic carbocycles. The zero-order chi connectivity index (χ0) is 15.9. The number of thioether (sulfide) groups is 1. The van der Waals surface area contributed by atoms with E-state index in [4.69, 9.17) is 4.74 Å². The van der Waals surface area contributed by atoms with Crippen molar-refractivity contribution in [1.29, 1.82) is 0 Å². The zero-order valence-corrected chi connectivity index (χ0v) is 13.8. The summed E-state index contributed by atoms with van der Waals surface area (Å²) in [4.78, 5) is 24.0. The number of rotatable bonds is 5. The van der Waals surface area contributed by atoms with Crippen LogP contribution in [0.4, 0.5) is 4.79 Å². The molecule has 1 aromatic carbocycles. The molecule has 1 aromatic rings. The van der Waals surface area contributed by atoms with E-state index in [2.05, 4.69) is 5.32 Å². The van der Waals surface area contributed by atoms with E-state index in [9.17, 15) is 9.59 Å². The largest absolute Gasteiger partial charge is 0.444 e. The molecule has 4 nitrogen and oxygen atoms in total. The average molecular weight is 309 g/mol. The molecule has 0 fully saturated rings. The van der Waals surface area contributed by atoms with Gasteiger partial charge >= 0.3 is 6.09 Å². The summed E-state index contributed by atoms with van der Waals surface area (Å²) in [5.41, 5.74) is 0.422. The first-order chi connectivity index (χ1) is 9.81. The molecule has 0 aromatic heterocycles. The van der Waals surface area contributed by atoms with Crippen molar-refractivity contribution in [2.45, 2.75) is 45.8 Å². The predicted octanol–water partition coefficient (Wildman–Crippen LogP) is 3.40. The Morgan fingerprint density at radius 3 is 2.38 bits per heavy atom. The van der Waals surface area contributed by atoms with Crippen molar-refractivity contribution < 1.29 is 14.3 Å². The van der Waals surface area contributed by atoms with Gasteiger partial charge in [-0.25, -0.2) is 4.79 Å². The highest BCUT2D eigenvalue weighted by Gasteiger charge is 2.24. The standard InChI is InChI=1S/C16H23NO3S/c1-5-21-14(18)13(11-12-9-7-6-8-10-12)17-15(19)20-16(2,3)4/h6-10,13H,5,11H2,1-4H3,(H,17,19)/t13-/m0/s1. The van der Waals surface area contributed by atoms with E-state index >= 15 is 0 Å². The van der Waals surface area contributed by atoms with Gasteiger partial charge in [-0.15, -0.1) is 0 Å². The van der Waals surface area contributed by atoms with E-state index in [0.29, 0.717) is 12.2 Å². The van der Waals surface area contributed by atoms with Crippen LogP contribution in [-0.2, 0) is 16.0 Å². The second-order valence-electron chi connectivity index (χ2n) is 5.64. The first kappa shape index (κ1) is 17.6. The summed E-state index contributed by atoms with van der Waals surface area (Å²) < 4.78 is 5.22. The Kier molecular flexibility index (Phi) is 6.75. The Balaban J connectivity index is 2.73. The van der Waals surface area contributed by atoms with Crippen molar-refractivity contribution in [1.82, 2.24) is 5.32 Å². The maximum absolute atomic E-state index is 12.1. The third-order valence-corrected chi connectivity index (χ3v) is 3.40. The third-order valence-electron chi connectivity index (χ3n) is 2.54. The number of nitrogens with one attached hydrogen (secondary N) is 1. The van der Waals surface area contributed by atoms with Crippen LogP contribution < -0.4 is 5.32 Å². The Hall–Kier alpha value is -1.49. The molecular formula is C16H23NO3S. The Bertz CT molecular complexity index is 468. The molecule has 1 atom stereocenters. The molecule has 0 spiro atoms. The summed E-state index contributed by atoms with van der Waals surface area (Å²) in [6.07, 6.45) is -0.0974. The highest BCUT2D eigenvalue weighted by atomic mass is 32.2. The van der Waals surface area contributed by atoms with E-state index in [1.165, 1.54) is 11.8 Å². The molecule has 0 heterocycles. The van der Waals surface area contributed by atoms with E-state index in [1.54, 1.807) is 20.8 Å². The smallest absolute Gasteiger partial charge is 0.408 e. The minimum atomic E-state index is -0.581. The lowest BCUT2D eigenvalue weighted by atomic mass is 10.1. The molecule has 21 heavy (non-hydrogen) atoms. The summed E-state index contributed by atoms with van der Waals surface area (Å²) in [5.74, 6) is 0.681. The Morgan fingerprint density at radius 2 is 1.86 bits per heavy atom. The van der Waals surface area contributed by atoms with Crippen LogP contribution in [0.3, 0.4) is 0 Å². The van der Waals surface area contributed by atoms with Crippen molar-refractivity contribution in [3.63, 3.8) is 0 Å². The zero-order valence-electron chi connectivity index (χ0n) is 13.0. The number of hydrogen-bond acceptors (Lipinski definition) is 4. The van der Waals surface area contributed by atoms with Gasteiger partial charge in [0.2, 0.25) is 5.12 Å². The number of carbonyl (C=O) groups excluding carboxylic acids is 2. The molecule has 0 radical (unpaired) electrons. The quantitative estimate of drug-likeness (QED) is 0.905. The Labute approximate surface area is 130 Å². The molecule has 116 valence electrons. The maximum Gasteiger partial charge on any atom is 0.408 e. The van der Waals surface area contributed by atoms with E-state index in [-0.39, 0.29) is 5.12 Å². The lowest BCUT2D eigenvalue weighted by Crippen LogP contribution is -2.43. The maximum atomic E-state index is 12.1. The summed E-state index contributed by atoms with van der Waals surface area (Å²) >= 11 is 1.21. The van der Waals surface area contributed by atoms with Gasteiger partial charge in [-0.3, -0.25) is 4.79 Å². The van der Waals surface area contributed by atoms with E-state index in [0.717, 1.165) is 5.56 Å². The summed E-state index contributed by atoms with van der Waals surface area (Å²) in [5, 5.41) is 2.63. The van der Waals surface area contributed by atoms with Gasteiger partial charge in [-0.1, -0.05) is 49.0 Å². The van der Waals surface area contributed by atoms with Crippen LogP contribution in [-0.4, -0.2) is 28.6 Å². The molecule has 1 N–H and O–H groups in total. The fourth-order valence-electron chi connectivity index (χ4n) is 1.74. The molecule has 0 aliphatic heterocycles. The van der Waals surface area contributed by atoms with Gasteiger partial charge in [0, 0.05) is 6.42 Å². The highest BCUT2D eigenvalue weighted by molar-refractivity contribution is 8.13. The first-order valence-corrected chi connectivity index (χ1v) is 8.00. The molecule has 1 rings (SSSR count). The number of benzene rings is 1. The molecule has 1 amide bonds. The van der Waals surface area contributed by atoms with Crippen LogP contribution in [0, 0.1) is 0 Å². The van der Waals surface area contributed by atoms with E-state index in [1.807, 2.05) is 37.3 Å². The molecule has 0 unspecified atom stereocenters. The van der Waals surface area contributed by atoms with Gasteiger partial charge in [0.1, 0.15) is 11.6 Å². The van der Waals surface area contributed by atoms with Crippen molar-refractivity contribution in [2.75, 3.05) is 5.75 Å². The van der Waals surface area contributed by atoms with Gasteiger partial charge < -0.3 is 10.1 Å². The highest BCUT2D eigenvalue weighted by Crippen LogP contribution is 2.13. The average Bonchev–Trinajstić information content (AvgIpc) is 2.37. The number of carbonyl (C=O) groups is 2. The number of hydrogen-bond donors (Lipinski definition) is 1. The van der Waals surface area contributed by atoms with Crippen molar-refractivity contribution in [3.8, 4) is 0 Å². The molecule has 0 aliphatic rings. The second kappa shape index (κ2) is 8.08. The fraction of sp³-hybridized carbons (Fsp3) is 0.500. The number of ether oxygens (including phenoxy) is 1. The van der Waals surface area contributed by atoms with Gasteiger partial charge in [0.05, 0.1) is 0 Å². The van der Waals surface area contributed by atoms with Crippen LogP contribution in [0.5, 0.6) is 0 Å². The van der Waals surface area contributed by atoms with Crippen LogP contribution in [0.15, 0.2) is 30.3 Å². The topological polar surface area (TPSA) is 55.4 Å². The second-order valence-corrected chi connectivity index (χ2v) is 6.91. The Morgan fingerprint density at radius 1 is 1.24 bits per heavy atom.